The Kier molecular flexibility index (Phi) is 6.65. The second-order valence-corrected chi connectivity index (χ2v) is 15.1. The van der Waals surface area contributed by atoms with Crippen molar-refractivity contribution < 1.29 is 8.82 Å². The first-order valence-electron chi connectivity index (χ1n) is 10.2. The van der Waals surface area contributed by atoms with E-state index in [4.69, 9.17) is 4.43 Å². The van der Waals surface area contributed by atoms with Crippen LogP contribution in [0, 0.1) is 5.82 Å². The van der Waals surface area contributed by atoms with E-state index in [2.05, 4.69) is 73.7 Å². The highest BCUT2D eigenvalue weighted by atomic mass is 32.2. The van der Waals surface area contributed by atoms with Crippen molar-refractivity contribution in [2.24, 2.45) is 7.05 Å². The highest BCUT2D eigenvalue weighted by Crippen LogP contribution is 2.42. The molecule has 30 heavy (non-hydrogen) atoms. The first-order valence-corrected chi connectivity index (χ1v) is 13.9. The van der Waals surface area contributed by atoms with Gasteiger partial charge in [0.1, 0.15) is 11.9 Å². The quantitative estimate of drug-likeness (QED) is 0.502. The van der Waals surface area contributed by atoms with Crippen LogP contribution >= 0.6 is 11.8 Å². The normalized spacial score (nSPS) is 16.0. The van der Waals surface area contributed by atoms with Crippen molar-refractivity contribution in [3.8, 4) is 0 Å². The van der Waals surface area contributed by atoms with Crippen molar-refractivity contribution >= 4 is 20.1 Å². The van der Waals surface area contributed by atoms with Gasteiger partial charge in [0.25, 0.3) is 0 Å². The summed E-state index contributed by atoms with van der Waals surface area (Å²) in [5.41, 5.74) is 1.75. The Balaban J connectivity index is 1.96. The third kappa shape index (κ3) is 5.07. The second-order valence-electron chi connectivity index (χ2n) is 9.30. The van der Waals surface area contributed by atoms with Crippen molar-refractivity contribution in [1.29, 1.82) is 0 Å². The fourth-order valence-electron chi connectivity index (χ4n) is 2.93. The van der Waals surface area contributed by atoms with Crippen molar-refractivity contribution in [2.75, 3.05) is 13.6 Å². The summed E-state index contributed by atoms with van der Waals surface area (Å²) >= 11 is 1.63. The number of hydrogen-bond acceptors (Lipinski definition) is 4. The van der Waals surface area contributed by atoms with Gasteiger partial charge in [0.05, 0.1) is 11.9 Å². The minimum atomic E-state index is -2.11. The minimum absolute atomic E-state index is 0.0402. The van der Waals surface area contributed by atoms with Crippen LogP contribution in [0.25, 0.3) is 0 Å². The lowest BCUT2D eigenvalue weighted by Gasteiger charge is -2.39. The molecule has 0 saturated carbocycles. The average Bonchev–Trinajstić information content (AvgIpc) is 3.01. The lowest BCUT2D eigenvalue weighted by Crippen LogP contribution is -2.42. The van der Waals surface area contributed by atoms with Crippen LogP contribution in [0.15, 0.2) is 58.9 Å². The standard InChI is InChI=1S/C23H32FN3OSSi/c1-23(2,3)30(6,7)28-21(17-9-8-10-18(24)15-17)20-16-25-22(27(20)5)29-19-11-13-26(4)14-12-19/h8-13,15-16,21H,14H2,1-7H3. The molecule has 162 valence electrons. The predicted molar refractivity (Wildman–Crippen MR) is 125 cm³/mol. The molecular weight excluding hydrogens is 413 g/mol. The SMILES string of the molecule is CN1C=CC(Sc2ncc(C(O[Si](C)(C)C(C)(C)C)c3cccc(F)c3)n2C)=CC1. The molecule has 1 atom stereocenters. The van der Waals surface area contributed by atoms with Crippen molar-refractivity contribution in [2.45, 2.75) is 50.2 Å². The molecule has 0 amide bonds. The molecule has 2 heterocycles. The van der Waals surface area contributed by atoms with Crippen LogP contribution in [0.5, 0.6) is 0 Å². The number of halogens is 1. The molecule has 0 radical (unpaired) electrons. The highest BCUT2D eigenvalue weighted by molar-refractivity contribution is 8.03. The van der Waals surface area contributed by atoms with E-state index in [-0.39, 0.29) is 17.0 Å². The molecule has 7 heteroatoms. The van der Waals surface area contributed by atoms with Crippen LogP contribution < -0.4 is 0 Å². The fraction of sp³-hybridized carbons (Fsp3) is 0.435. The van der Waals surface area contributed by atoms with E-state index < -0.39 is 8.32 Å². The summed E-state index contributed by atoms with van der Waals surface area (Å²) in [7, 11) is 1.94. The zero-order valence-corrected chi connectivity index (χ0v) is 20.8. The number of nitrogens with zero attached hydrogens (tertiary/aromatic N) is 3. The summed E-state index contributed by atoms with van der Waals surface area (Å²) in [5, 5.41) is 0.934. The Hall–Kier alpha value is -1.83. The molecular formula is C23H32FN3OSSi. The van der Waals surface area contributed by atoms with Gasteiger partial charge in [0.2, 0.25) is 0 Å². The maximum Gasteiger partial charge on any atom is 0.193 e. The first-order chi connectivity index (χ1) is 14.0. The number of rotatable bonds is 6. The molecule has 1 aromatic heterocycles. The number of allylic oxidation sites excluding steroid dienone is 1. The molecule has 2 aromatic rings. The number of aromatic nitrogens is 2. The van der Waals surface area contributed by atoms with Gasteiger partial charge in [0, 0.05) is 31.7 Å². The van der Waals surface area contributed by atoms with Crippen LogP contribution in [-0.4, -0.2) is 36.4 Å². The molecule has 0 N–H and O–H groups in total. The van der Waals surface area contributed by atoms with Gasteiger partial charge in [-0.2, -0.15) is 0 Å². The van der Waals surface area contributed by atoms with Gasteiger partial charge in [-0.25, -0.2) is 9.37 Å². The van der Waals surface area contributed by atoms with E-state index in [1.165, 1.54) is 11.0 Å². The van der Waals surface area contributed by atoms with Crippen molar-refractivity contribution in [3.63, 3.8) is 0 Å². The van der Waals surface area contributed by atoms with E-state index in [0.29, 0.717) is 0 Å². The molecule has 0 saturated heterocycles. The van der Waals surface area contributed by atoms with E-state index in [9.17, 15) is 4.39 Å². The van der Waals surface area contributed by atoms with E-state index in [1.807, 2.05) is 19.3 Å². The van der Waals surface area contributed by atoms with Gasteiger partial charge >= 0.3 is 0 Å². The Morgan fingerprint density at radius 2 is 1.97 bits per heavy atom. The number of hydrogen-bond donors (Lipinski definition) is 0. The Bertz CT molecular complexity index is 962. The molecule has 0 spiro atoms. The summed E-state index contributed by atoms with van der Waals surface area (Å²) in [6, 6.07) is 6.71. The molecule has 1 aromatic carbocycles. The molecule has 0 bridgehead atoms. The molecule has 0 fully saturated rings. The Morgan fingerprint density at radius 3 is 2.57 bits per heavy atom. The van der Waals surface area contributed by atoms with E-state index >= 15 is 0 Å². The third-order valence-corrected chi connectivity index (χ3v) is 11.4. The zero-order valence-electron chi connectivity index (χ0n) is 18.9. The van der Waals surface area contributed by atoms with Crippen LogP contribution in [0.3, 0.4) is 0 Å². The van der Waals surface area contributed by atoms with Crippen LogP contribution in [0.4, 0.5) is 4.39 Å². The van der Waals surface area contributed by atoms with E-state index in [0.717, 1.165) is 23.0 Å². The summed E-state index contributed by atoms with van der Waals surface area (Å²) in [5.74, 6) is -0.255. The van der Waals surface area contributed by atoms with Crippen LogP contribution in [0.2, 0.25) is 18.1 Å². The average molecular weight is 446 g/mol. The number of imidazole rings is 1. The smallest absolute Gasteiger partial charge is 0.193 e. The molecule has 1 aliphatic rings. The van der Waals surface area contributed by atoms with Crippen LogP contribution in [0.1, 0.15) is 38.1 Å². The molecule has 4 nitrogen and oxygen atoms in total. The topological polar surface area (TPSA) is 30.3 Å². The Labute approximate surface area is 185 Å². The number of benzene rings is 1. The third-order valence-electron chi connectivity index (χ3n) is 5.90. The maximum atomic E-state index is 14.1. The van der Waals surface area contributed by atoms with Gasteiger partial charge in [0.15, 0.2) is 13.5 Å². The van der Waals surface area contributed by atoms with Gasteiger partial charge < -0.3 is 13.9 Å². The first kappa shape index (κ1) is 22.8. The monoisotopic (exact) mass is 445 g/mol. The van der Waals surface area contributed by atoms with Crippen molar-refractivity contribution in [1.82, 2.24) is 14.5 Å². The summed E-state index contributed by atoms with van der Waals surface area (Å²) in [4.78, 5) is 7.96. The molecule has 1 aliphatic heterocycles. The summed E-state index contributed by atoms with van der Waals surface area (Å²) in [6.07, 6.45) is 7.86. The molecule has 3 rings (SSSR count). The summed E-state index contributed by atoms with van der Waals surface area (Å²) < 4.78 is 22.9. The lowest BCUT2D eigenvalue weighted by atomic mass is 10.1. The minimum Gasteiger partial charge on any atom is -0.404 e. The second kappa shape index (κ2) is 8.73. The van der Waals surface area contributed by atoms with Crippen LogP contribution in [-0.2, 0) is 11.5 Å². The highest BCUT2D eigenvalue weighted by Gasteiger charge is 2.40. The van der Waals surface area contributed by atoms with Crippen molar-refractivity contribution in [3.05, 3.63) is 70.8 Å². The van der Waals surface area contributed by atoms with Gasteiger partial charge in [-0.1, -0.05) is 50.7 Å². The van der Waals surface area contributed by atoms with Gasteiger partial charge in [-0.05, 0) is 41.9 Å². The van der Waals surface area contributed by atoms with E-state index in [1.54, 1.807) is 23.9 Å². The summed E-state index contributed by atoms with van der Waals surface area (Å²) in [6.45, 7) is 12.0. The van der Waals surface area contributed by atoms with Gasteiger partial charge in [-0.15, -0.1) is 0 Å². The number of likely N-dealkylation sites (N-methyl/N-ethyl adjacent to an activating group) is 1. The molecule has 0 aliphatic carbocycles. The fourth-order valence-corrected chi connectivity index (χ4v) is 4.97. The Morgan fingerprint density at radius 1 is 1.23 bits per heavy atom. The zero-order chi connectivity index (χ0) is 22.1. The van der Waals surface area contributed by atoms with Gasteiger partial charge in [-0.3, -0.25) is 0 Å². The maximum absolute atomic E-state index is 14.1. The molecule has 1 unspecified atom stereocenters. The lowest BCUT2D eigenvalue weighted by molar-refractivity contribution is 0.212. The predicted octanol–water partition coefficient (Wildman–Crippen LogP) is 6.11. The largest absolute Gasteiger partial charge is 0.404 e. The number of thioether (sulfide) groups is 1.